The fraction of sp³-hybridized carbons (Fsp3) is 0.333. The number of hydrogen-bond acceptors (Lipinski definition) is 2. The Balaban J connectivity index is 2.61. The second kappa shape index (κ2) is 4.94. The van der Waals surface area contributed by atoms with Crippen LogP contribution in [0.25, 0.3) is 11.1 Å². The van der Waals surface area contributed by atoms with Crippen molar-refractivity contribution in [3.8, 4) is 11.1 Å². The molecule has 0 saturated carbocycles. The first-order valence-electron chi connectivity index (χ1n) is 6.27. The molecule has 1 heterocycles. The van der Waals surface area contributed by atoms with Gasteiger partial charge in [0.2, 0.25) is 0 Å². The normalized spacial score (nSPS) is 11.7. The minimum Gasteiger partial charge on any atom is -0.478 e. The topological polar surface area (TPSA) is 55.1 Å². The Morgan fingerprint density at radius 2 is 1.95 bits per heavy atom. The summed E-state index contributed by atoms with van der Waals surface area (Å²) in [4.78, 5) is 11.0. The molecule has 20 heavy (non-hydrogen) atoms. The lowest BCUT2D eigenvalue weighted by atomic mass is 9.87. The molecule has 0 bridgehead atoms. The van der Waals surface area contributed by atoms with Crippen molar-refractivity contribution in [1.82, 2.24) is 9.78 Å². The van der Waals surface area contributed by atoms with E-state index in [1.165, 1.54) is 6.07 Å². The van der Waals surface area contributed by atoms with Crippen LogP contribution >= 0.6 is 11.6 Å². The Hall–Kier alpha value is -1.81. The summed E-state index contributed by atoms with van der Waals surface area (Å²) in [6, 6.07) is 4.76. The van der Waals surface area contributed by atoms with Gasteiger partial charge in [0.05, 0.1) is 11.3 Å². The molecule has 0 unspecified atom stereocenters. The van der Waals surface area contributed by atoms with E-state index in [1.807, 2.05) is 13.2 Å². The van der Waals surface area contributed by atoms with E-state index in [0.717, 1.165) is 16.8 Å². The van der Waals surface area contributed by atoms with Crippen molar-refractivity contribution < 1.29 is 9.90 Å². The molecule has 0 aliphatic carbocycles. The van der Waals surface area contributed by atoms with Gasteiger partial charge in [-0.1, -0.05) is 38.4 Å². The predicted molar refractivity (Wildman–Crippen MR) is 79.3 cm³/mol. The summed E-state index contributed by atoms with van der Waals surface area (Å²) >= 11 is 6.24. The highest BCUT2D eigenvalue weighted by Crippen LogP contribution is 2.35. The van der Waals surface area contributed by atoms with Gasteiger partial charge in [-0.05, 0) is 12.1 Å². The highest BCUT2D eigenvalue weighted by Gasteiger charge is 2.24. The van der Waals surface area contributed by atoms with Gasteiger partial charge in [0.15, 0.2) is 0 Å². The number of carboxylic acid groups (broad SMARTS) is 1. The molecule has 106 valence electrons. The van der Waals surface area contributed by atoms with Crippen LogP contribution in [0.15, 0.2) is 24.4 Å². The number of benzene rings is 1. The summed E-state index contributed by atoms with van der Waals surface area (Å²) in [5.74, 6) is -0.985. The van der Waals surface area contributed by atoms with Crippen LogP contribution in [-0.2, 0) is 12.5 Å². The number of carboxylic acids is 1. The highest BCUT2D eigenvalue weighted by molar-refractivity contribution is 6.33. The lowest BCUT2D eigenvalue weighted by Gasteiger charge is -2.18. The van der Waals surface area contributed by atoms with Crippen LogP contribution in [0.1, 0.15) is 36.8 Å². The Morgan fingerprint density at radius 3 is 2.45 bits per heavy atom. The van der Waals surface area contributed by atoms with Crippen molar-refractivity contribution in [3.63, 3.8) is 0 Å². The van der Waals surface area contributed by atoms with E-state index in [4.69, 9.17) is 16.7 Å². The van der Waals surface area contributed by atoms with Gasteiger partial charge < -0.3 is 5.11 Å². The van der Waals surface area contributed by atoms with Crippen LogP contribution < -0.4 is 0 Å². The van der Waals surface area contributed by atoms with Gasteiger partial charge >= 0.3 is 5.97 Å². The minimum absolute atomic E-state index is 0.120. The molecule has 0 atom stereocenters. The van der Waals surface area contributed by atoms with Crippen molar-refractivity contribution in [3.05, 3.63) is 40.7 Å². The third-order valence-electron chi connectivity index (χ3n) is 3.05. The van der Waals surface area contributed by atoms with E-state index in [9.17, 15) is 4.79 Å². The Kier molecular flexibility index (Phi) is 3.61. The molecule has 0 amide bonds. The summed E-state index contributed by atoms with van der Waals surface area (Å²) in [7, 11) is 1.86. The fourth-order valence-electron chi connectivity index (χ4n) is 2.11. The fourth-order valence-corrected chi connectivity index (χ4v) is 2.39. The van der Waals surface area contributed by atoms with Gasteiger partial charge in [0, 0.05) is 34.8 Å². The van der Waals surface area contributed by atoms with Gasteiger partial charge in [0.25, 0.3) is 0 Å². The molecule has 0 radical (unpaired) electrons. The Bertz CT molecular complexity index is 669. The maximum atomic E-state index is 11.0. The standard InChI is InChI=1S/C15H17ClN2O2/c1-15(2,3)13-11(8-18(4)17-13)10-6-5-9(14(19)20)7-12(10)16/h5-8H,1-4H3,(H,19,20). The number of carbonyl (C=O) groups is 1. The van der Waals surface area contributed by atoms with Gasteiger partial charge in [-0.15, -0.1) is 0 Å². The second-order valence-electron chi connectivity index (χ2n) is 5.81. The maximum absolute atomic E-state index is 11.0. The molecule has 0 saturated heterocycles. The third kappa shape index (κ3) is 2.70. The lowest BCUT2D eigenvalue weighted by molar-refractivity contribution is 0.0697. The van der Waals surface area contributed by atoms with Gasteiger partial charge in [-0.3, -0.25) is 4.68 Å². The molecular formula is C15H17ClN2O2. The summed E-state index contributed by atoms with van der Waals surface area (Å²) in [5, 5.41) is 13.9. The average molecular weight is 293 g/mol. The molecule has 1 aromatic carbocycles. The largest absolute Gasteiger partial charge is 0.478 e. The SMILES string of the molecule is Cn1cc(-c2ccc(C(=O)O)cc2Cl)c(C(C)(C)C)n1. The van der Waals surface area contributed by atoms with Crippen LogP contribution in [0.2, 0.25) is 5.02 Å². The van der Waals surface area contributed by atoms with E-state index < -0.39 is 5.97 Å². The van der Waals surface area contributed by atoms with Crippen molar-refractivity contribution in [2.24, 2.45) is 7.05 Å². The number of aryl methyl sites for hydroxylation is 1. The molecule has 1 N–H and O–H groups in total. The van der Waals surface area contributed by atoms with Crippen molar-refractivity contribution in [1.29, 1.82) is 0 Å². The molecule has 2 rings (SSSR count). The molecular weight excluding hydrogens is 276 g/mol. The zero-order chi connectivity index (χ0) is 15.1. The average Bonchev–Trinajstić information content (AvgIpc) is 2.70. The van der Waals surface area contributed by atoms with Gasteiger partial charge in [-0.2, -0.15) is 5.10 Å². The third-order valence-corrected chi connectivity index (χ3v) is 3.36. The smallest absolute Gasteiger partial charge is 0.335 e. The molecule has 4 nitrogen and oxygen atoms in total. The van der Waals surface area contributed by atoms with Crippen LogP contribution in [0.5, 0.6) is 0 Å². The Morgan fingerprint density at radius 1 is 1.30 bits per heavy atom. The van der Waals surface area contributed by atoms with Crippen molar-refractivity contribution in [2.75, 3.05) is 0 Å². The van der Waals surface area contributed by atoms with Crippen molar-refractivity contribution >= 4 is 17.6 Å². The first kappa shape index (κ1) is 14.6. The van der Waals surface area contributed by atoms with Gasteiger partial charge in [-0.25, -0.2) is 4.79 Å². The number of rotatable bonds is 2. The van der Waals surface area contributed by atoms with E-state index in [2.05, 4.69) is 25.9 Å². The van der Waals surface area contributed by atoms with Crippen LogP contribution in [0.3, 0.4) is 0 Å². The Labute approximate surface area is 123 Å². The summed E-state index contributed by atoms with van der Waals surface area (Å²) in [6.07, 6.45) is 1.90. The number of halogens is 1. The zero-order valence-electron chi connectivity index (χ0n) is 11.9. The maximum Gasteiger partial charge on any atom is 0.335 e. The van der Waals surface area contributed by atoms with E-state index >= 15 is 0 Å². The van der Waals surface area contributed by atoms with Crippen LogP contribution in [0, 0.1) is 0 Å². The predicted octanol–water partition coefficient (Wildman–Crippen LogP) is 3.74. The molecule has 0 aliphatic rings. The van der Waals surface area contributed by atoms with Crippen LogP contribution in [-0.4, -0.2) is 20.9 Å². The first-order chi connectivity index (χ1) is 9.20. The van der Waals surface area contributed by atoms with Crippen molar-refractivity contribution in [2.45, 2.75) is 26.2 Å². The lowest BCUT2D eigenvalue weighted by Crippen LogP contribution is -2.13. The summed E-state index contributed by atoms with van der Waals surface area (Å²) in [5.41, 5.74) is 2.73. The number of aromatic nitrogens is 2. The first-order valence-corrected chi connectivity index (χ1v) is 6.65. The summed E-state index contributed by atoms with van der Waals surface area (Å²) < 4.78 is 1.75. The van der Waals surface area contributed by atoms with Crippen LogP contribution in [0.4, 0.5) is 0 Å². The second-order valence-corrected chi connectivity index (χ2v) is 6.22. The molecule has 5 heteroatoms. The highest BCUT2D eigenvalue weighted by atomic mass is 35.5. The minimum atomic E-state index is -0.985. The molecule has 0 aliphatic heterocycles. The molecule has 1 aromatic heterocycles. The van der Waals surface area contributed by atoms with E-state index in [1.54, 1.807) is 16.8 Å². The summed E-state index contributed by atoms with van der Waals surface area (Å²) in [6.45, 7) is 6.25. The number of nitrogens with zero attached hydrogens (tertiary/aromatic N) is 2. The monoisotopic (exact) mass is 292 g/mol. The number of aromatic carboxylic acids is 1. The van der Waals surface area contributed by atoms with Gasteiger partial charge in [0.1, 0.15) is 0 Å². The van der Waals surface area contributed by atoms with E-state index in [0.29, 0.717) is 5.02 Å². The quantitative estimate of drug-likeness (QED) is 0.917. The molecule has 0 spiro atoms. The molecule has 0 fully saturated rings. The zero-order valence-corrected chi connectivity index (χ0v) is 12.7. The number of hydrogen-bond donors (Lipinski definition) is 1. The van der Waals surface area contributed by atoms with E-state index in [-0.39, 0.29) is 11.0 Å². The molecule has 2 aromatic rings.